The maximum absolute atomic E-state index is 13.6. The van der Waals surface area contributed by atoms with Crippen LogP contribution in [0.15, 0.2) is 137 Å². The summed E-state index contributed by atoms with van der Waals surface area (Å²) in [6, 6.07) is 36.8. The molecular formula is C36H38O8S. The van der Waals surface area contributed by atoms with Crippen molar-refractivity contribution in [3.8, 4) is 0 Å². The van der Waals surface area contributed by atoms with Crippen LogP contribution >= 0.6 is 0 Å². The molecule has 1 N–H and O–H groups in total. The smallest absolute Gasteiger partial charge is 0.206 e. The number of hydrogen-bond donors (Lipinski definition) is 1. The lowest BCUT2D eigenvalue weighted by atomic mass is 9.98. The average molecular weight is 631 g/mol. The number of aliphatic hydroxyl groups excluding tert-OH is 1. The van der Waals surface area contributed by atoms with Gasteiger partial charge in [-0.2, -0.15) is 0 Å². The van der Waals surface area contributed by atoms with Gasteiger partial charge in [-0.3, -0.25) is 0 Å². The summed E-state index contributed by atoms with van der Waals surface area (Å²) in [4.78, 5) is 0.242. The molecule has 0 unspecified atom stereocenters. The van der Waals surface area contributed by atoms with Crippen molar-refractivity contribution >= 4 is 9.84 Å². The number of allylic oxidation sites excluding steroid dienone is 1. The first kappa shape index (κ1) is 32.6. The molecule has 236 valence electrons. The minimum absolute atomic E-state index is 0.0782. The predicted molar refractivity (Wildman–Crippen MR) is 170 cm³/mol. The monoisotopic (exact) mass is 630 g/mol. The van der Waals surface area contributed by atoms with Crippen molar-refractivity contribution in [1.82, 2.24) is 0 Å². The Hall–Kier alpha value is -3.83. The number of benzene rings is 4. The van der Waals surface area contributed by atoms with Gasteiger partial charge in [-0.1, -0.05) is 109 Å². The summed E-state index contributed by atoms with van der Waals surface area (Å²) in [5.74, 6) is 0. The van der Waals surface area contributed by atoms with Crippen molar-refractivity contribution in [2.24, 2.45) is 0 Å². The van der Waals surface area contributed by atoms with Crippen LogP contribution < -0.4 is 0 Å². The van der Waals surface area contributed by atoms with Gasteiger partial charge in [0.2, 0.25) is 9.84 Å². The topological polar surface area (TPSA) is 101 Å². The molecule has 0 radical (unpaired) electrons. The molecule has 1 aliphatic rings. The Morgan fingerprint density at radius 2 is 1.22 bits per heavy atom. The number of aliphatic hydroxyl groups is 1. The third-order valence-corrected chi connectivity index (χ3v) is 9.34. The Morgan fingerprint density at radius 1 is 0.733 bits per heavy atom. The maximum atomic E-state index is 13.6. The molecule has 4 aromatic carbocycles. The van der Waals surface area contributed by atoms with E-state index in [1.165, 1.54) is 13.4 Å². The Morgan fingerprint density at radius 3 is 1.76 bits per heavy atom. The van der Waals surface area contributed by atoms with Crippen molar-refractivity contribution < 1.29 is 37.2 Å². The lowest BCUT2D eigenvalue weighted by molar-refractivity contribution is -0.314. The highest BCUT2D eigenvalue weighted by Crippen LogP contribution is 2.29. The Kier molecular flexibility index (Phi) is 11.5. The highest BCUT2D eigenvalue weighted by Gasteiger charge is 2.47. The van der Waals surface area contributed by atoms with Gasteiger partial charge >= 0.3 is 0 Å². The second-order valence-corrected chi connectivity index (χ2v) is 12.7. The molecule has 5 atom stereocenters. The minimum atomic E-state index is -3.86. The summed E-state index contributed by atoms with van der Waals surface area (Å²) in [5.41, 5.74) is 2.69. The summed E-state index contributed by atoms with van der Waals surface area (Å²) < 4.78 is 57.4. The van der Waals surface area contributed by atoms with E-state index >= 15 is 0 Å². The minimum Gasteiger partial charge on any atom is -0.497 e. The zero-order valence-corrected chi connectivity index (χ0v) is 25.9. The molecular weight excluding hydrogens is 592 g/mol. The number of methoxy groups -OCH3 is 1. The molecule has 4 aromatic rings. The zero-order valence-electron chi connectivity index (χ0n) is 25.1. The lowest BCUT2D eigenvalue weighted by Gasteiger charge is -2.43. The zero-order chi connectivity index (χ0) is 31.5. The fraction of sp³-hybridized carbons (Fsp3) is 0.278. The molecule has 1 aliphatic heterocycles. The van der Waals surface area contributed by atoms with Gasteiger partial charge in [0, 0.05) is 13.5 Å². The number of hydrogen-bond acceptors (Lipinski definition) is 8. The van der Waals surface area contributed by atoms with Crippen LogP contribution in [0, 0.1) is 0 Å². The molecule has 9 heteroatoms. The molecule has 8 nitrogen and oxygen atoms in total. The molecule has 1 heterocycles. The highest BCUT2D eigenvalue weighted by molar-refractivity contribution is 7.95. The normalized spacial score (nSPS) is 22.2. The fourth-order valence-electron chi connectivity index (χ4n) is 5.10. The first-order chi connectivity index (χ1) is 22.0. The van der Waals surface area contributed by atoms with E-state index < -0.39 is 40.5 Å². The third-order valence-electron chi connectivity index (χ3n) is 7.52. The average Bonchev–Trinajstić information content (AvgIpc) is 3.09. The van der Waals surface area contributed by atoms with Crippen LogP contribution in [0.25, 0.3) is 0 Å². The van der Waals surface area contributed by atoms with Gasteiger partial charge in [0.1, 0.15) is 31.0 Å². The summed E-state index contributed by atoms with van der Waals surface area (Å²) in [5, 5.41) is 11.5. The summed E-state index contributed by atoms with van der Waals surface area (Å²) in [7, 11) is -2.36. The standard InChI is InChI=1S/C36H38O8S/c1-40-36-35(43-24-29-18-10-4-11-19-29)34(42-23-28-16-8-3-9-17-28)33(37)32(44-36)26-41-25-31(22-27-14-6-2-7-15-27)45(38,39)30-20-12-5-13-21-30/h2-21,25,32-37H,22-24,26H2,1H3/b31-25+/t32-,33-,34+,35-,36+/m1/s1. The molecule has 0 bridgehead atoms. The van der Waals surface area contributed by atoms with Gasteiger partial charge in [0.15, 0.2) is 6.29 Å². The largest absolute Gasteiger partial charge is 0.497 e. The van der Waals surface area contributed by atoms with E-state index in [1.54, 1.807) is 30.3 Å². The van der Waals surface area contributed by atoms with E-state index in [1.807, 2.05) is 91.0 Å². The fourth-order valence-corrected chi connectivity index (χ4v) is 6.47. The SMILES string of the molecule is CO[C@H]1O[C@H](CO/C=C(\Cc2ccccc2)S(=O)(=O)c2ccccc2)[C@@H](O)[C@H](OCc2ccccc2)[C@H]1OCc1ccccc1. The number of rotatable bonds is 14. The third kappa shape index (κ3) is 8.67. The maximum Gasteiger partial charge on any atom is 0.206 e. The quantitative estimate of drug-likeness (QED) is 0.183. The van der Waals surface area contributed by atoms with Crippen LogP contribution in [0.3, 0.4) is 0 Å². The van der Waals surface area contributed by atoms with Gasteiger partial charge in [0.05, 0.1) is 29.3 Å². The number of sulfone groups is 1. The van der Waals surface area contributed by atoms with Crippen molar-refractivity contribution in [2.45, 2.75) is 55.2 Å². The first-order valence-corrected chi connectivity index (χ1v) is 16.3. The lowest BCUT2D eigenvalue weighted by Crippen LogP contribution is -2.60. The van der Waals surface area contributed by atoms with Crippen LogP contribution in [0.4, 0.5) is 0 Å². The van der Waals surface area contributed by atoms with Crippen molar-refractivity contribution in [3.63, 3.8) is 0 Å². The van der Waals surface area contributed by atoms with Crippen LogP contribution in [-0.2, 0) is 53.2 Å². The highest BCUT2D eigenvalue weighted by atomic mass is 32.2. The van der Waals surface area contributed by atoms with E-state index in [0.717, 1.165) is 16.7 Å². The molecule has 0 aliphatic carbocycles. The molecule has 1 saturated heterocycles. The van der Waals surface area contributed by atoms with Crippen molar-refractivity contribution in [3.05, 3.63) is 149 Å². The summed E-state index contributed by atoms with van der Waals surface area (Å²) in [6.45, 7) is 0.338. The van der Waals surface area contributed by atoms with Gasteiger partial charge in [-0.15, -0.1) is 0 Å². The first-order valence-electron chi connectivity index (χ1n) is 14.8. The molecule has 5 rings (SSSR count). The van der Waals surface area contributed by atoms with Crippen molar-refractivity contribution in [1.29, 1.82) is 0 Å². The number of ether oxygens (including phenoxy) is 5. The van der Waals surface area contributed by atoms with Gasteiger partial charge in [-0.05, 0) is 28.8 Å². The van der Waals surface area contributed by atoms with Crippen molar-refractivity contribution in [2.75, 3.05) is 13.7 Å². The van der Waals surface area contributed by atoms with Crippen LogP contribution in [0.1, 0.15) is 16.7 Å². The Labute approximate surface area is 264 Å². The van der Waals surface area contributed by atoms with Crippen LogP contribution in [0.2, 0.25) is 0 Å². The van der Waals surface area contributed by atoms with Crippen LogP contribution in [0.5, 0.6) is 0 Å². The summed E-state index contributed by atoms with van der Waals surface area (Å²) in [6.07, 6.45) is -3.17. The second kappa shape index (κ2) is 15.9. The molecule has 1 fully saturated rings. The molecule has 45 heavy (non-hydrogen) atoms. The Bertz CT molecular complexity index is 1580. The molecule has 0 aromatic heterocycles. The molecule has 0 saturated carbocycles. The van der Waals surface area contributed by atoms with E-state index in [4.69, 9.17) is 23.7 Å². The Balaban J connectivity index is 1.35. The van der Waals surface area contributed by atoms with E-state index in [9.17, 15) is 13.5 Å². The van der Waals surface area contributed by atoms with Crippen LogP contribution in [-0.4, -0.2) is 57.9 Å². The second-order valence-electron chi connectivity index (χ2n) is 10.7. The molecule has 0 spiro atoms. The van der Waals surface area contributed by atoms with E-state index in [0.29, 0.717) is 0 Å². The van der Waals surface area contributed by atoms with Gasteiger partial charge in [0.25, 0.3) is 0 Å². The summed E-state index contributed by atoms with van der Waals surface area (Å²) >= 11 is 0. The van der Waals surface area contributed by atoms with Gasteiger partial charge in [-0.25, -0.2) is 8.42 Å². The van der Waals surface area contributed by atoms with E-state index in [-0.39, 0.29) is 36.0 Å². The molecule has 0 amide bonds. The van der Waals surface area contributed by atoms with E-state index in [2.05, 4.69) is 0 Å². The van der Waals surface area contributed by atoms with Gasteiger partial charge < -0.3 is 28.8 Å². The predicted octanol–water partition coefficient (Wildman–Crippen LogP) is 5.46.